The lowest BCUT2D eigenvalue weighted by Crippen LogP contribution is -2.21. The Balaban J connectivity index is 1.82. The van der Waals surface area contributed by atoms with Gasteiger partial charge in [-0.3, -0.25) is 4.68 Å². The van der Waals surface area contributed by atoms with E-state index in [4.69, 9.17) is 9.47 Å². The minimum absolute atomic E-state index is 0.225. The van der Waals surface area contributed by atoms with Crippen molar-refractivity contribution in [3.63, 3.8) is 0 Å². The van der Waals surface area contributed by atoms with E-state index >= 15 is 0 Å². The summed E-state index contributed by atoms with van der Waals surface area (Å²) in [6, 6.07) is 0. The van der Waals surface area contributed by atoms with Crippen molar-refractivity contribution in [3.8, 4) is 0 Å². The van der Waals surface area contributed by atoms with Gasteiger partial charge in [-0.2, -0.15) is 5.10 Å². The maximum Gasteiger partial charge on any atom is 0.239 e. The van der Waals surface area contributed by atoms with Gasteiger partial charge >= 0.3 is 0 Å². The highest BCUT2D eigenvalue weighted by Gasteiger charge is 2.23. The Labute approximate surface area is 136 Å². The highest BCUT2D eigenvalue weighted by Crippen LogP contribution is 2.28. The number of nitrogens with zero attached hydrogens (tertiary/aromatic N) is 4. The minimum atomic E-state index is -0.758. The van der Waals surface area contributed by atoms with Gasteiger partial charge in [0.1, 0.15) is 5.76 Å². The Morgan fingerprint density at radius 3 is 2.87 bits per heavy atom. The molecule has 0 saturated heterocycles. The molecule has 2 heterocycles. The predicted octanol–water partition coefficient (Wildman–Crippen LogP) is 3.16. The van der Waals surface area contributed by atoms with E-state index in [-0.39, 0.29) is 6.10 Å². The van der Waals surface area contributed by atoms with Crippen LogP contribution in [0.2, 0.25) is 0 Å². The molecule has 23 heavy (non-hydrogen) atoms. The summed E-state index contributed by atoms with van der Waals surface area (Å²) in [5.74, 6) is 0.714. The highest BCUT2D eigenvalue weighted by atomic mass is 16.5. The molecule has 0 amide bonds. The SMILES string of the molecule is Cn1cc(/C=C/C2=C(OC3CCCCC3)C=COC2N=[N])cn1. The normalized spacial score (nSPS) is 22.4. The van der Waals surface area contributed by atoms with Crippen LogP contribution in [0.15, 0.2) is 47.3 Å². The number of hydrogen-bond acceptors (Lipinski definition) is 4. The largest absolute Gasteiger partial charge is 0.490 e. The first-order valence-electron chi connectivity index (χ1n) is 8.00. The number of aryl methyl sites for hydroxylation is 1. The maximum absolute atomic E-state index is 9.21. The van der Waals surface area contributed by atoms with E-state index in [1.165, 1.54) is 25.5 Å². The zero-order chi connectivity index (χ0) is 16.1. The topological polar surface area (TPSA) is 70.9 Å². The molecule has 6 heteroatoms. The van der Waals surface area contributed by atoms with Crippen LogP contribution in [0.3, 0.4) is 0 Å². The first-order chi connectivity index (χ1) is 11.3. The van der Waals surface area contributed by atoms with Gasteiger partial charge in [0.25, 0.3) is 0 Å². The lowest BCUT2D eigenvalue weighted by molar-refractivity contribution is 0.0762. The van der Waals surface area contributed by atoms with E-state index in [9.17, 15) is 5.53 Å². The average Bonchev–Trinajstić information content (AvgIpc) is 3.00. The van der Waals surface area contributed by atoms with Crippen LogP contribution in [0.1, 0.15) is 37.7 Å². The minimum Gasteiger partial charge on any atom is -0.490 e. The van der Waals surface area contributed by atoms with Crippen LogP contribution in [-0.2, 0) is 16.5 Å². The lowest BCUT2D eigenvalue weighted by Gasteiger charge is -2.27. The van der Waals surface area contributed by atoms with Crippen LogP contribution >= 0.6 is 0 Å². The van der Waals surface area contributed by atoms with E-state index < -0.39 is 6.23 Å². The first-order valence-corrected chi connectivity index (χ1v) is 8.00. The second-order valence-corrected chi connectivity index (χ2v) is 5.88. The fraction of sp³-hybridized carbons (Fsp3) is 0.471. The molecule has 121 valence electrons. The van der Waals surface area contributed by atoms with Crippen LogP contribution < -0.4 is 5.53 Å². The zero-order valence-corrected chi connectivity index (χ0v) is 13.3. The van der Waals surface area contributed by atoms with Crippen molar-refractivity contribution >= 4 is 6.08 Å². The highest BCUT2D eigenvalue weighted by molar-refractivity contribution is 5.53. The smallest absolute Gasteiger partial charge is 0.239 e. The Morgan fingerprint density at radius 2 is 2.17 bits per heavy atom. The number of allylic oxidation sites excluding steroid dienone is 1. The van der Waals surface area contributed by atoms with Crippen molar-refractivity contribution in [3.05, 3.63) is 47.7 Å². The Morgan fingerprint density at radius 1 is 1.35 bits per heavy atom. The zero-order valence-electron chi connectivity index (χ0n) is 13.3. The molecule has 1 aliphatic heterocycles. The molecule has 1 aromatic rings. The van der Waals surface area contributed by atoms with E-state index in [1.807, 2.05) is 25.4 Å². The van der Waals surface area contributed by atoms with Crippen molar-refractivity contribution in [2.45, 2.75) is 44.4 Å². The van der Waals surface area contributed by atoms with Crippen LogP contribution in [-0.4, -0.2) is 22.1 Å². The molecule has 1 saturated carbocycles. The summed E-state index contributed by atoms with van der Waals surface area (Å²) in [6.07, 6.45) is 16.0. The molecule has 1 aliphatic carbocycles. The molecule has 0 aromatic carbocycles. The standard InChI is InChI=1S/C17H21N4O2/c1-21-12-13(11-19-21)7-8-15-16(9-10-22-17(15)20-18)23-14-5-3-2-4-6-14/h7-12,14,17H,2-6H2,1H3/b8-7+. The molecular weight excluding hydrogens is 292 g/mol. The van der Waals surface area contributed by atoms with Crippen molar-refractivity contribution in [1.29, 1.82) is 0 Å². The quantitative estimate of drug-likeness (QED) is 0.784. The number of ether oxygens (including phenoxy) is 2. The molecule has 0 bridgehead atoms. The van der Waals surface area contributed by atoms with Gasteiger partial charge < -0.3 is 9.47 Å². The van der Waals surface area contributed by atoms with Crippen LogP contribution in [0.25, 0.3) is 6.08 Å². The summed E-state index contributed by atoms with van der Waals surface area (Å²) in [6.45, 7) is 0. The molecule has 1 aromatic heterocycles. The summed E-state index contributed by atoms with van der Waals surface area (Å²) in [7, 11) is 1.87. The third kappa shape index (κ3) is 3.88. The van der Waals surface area contributed by atoms with Crippen molar-refractivity contribution in [2.75, 3.05) is 0 Å². The van der Waals surface area contributed by atoms with Gasteiger partial charge in [-0.1, -0.05) is 12.5 Å². The Kier molecular flexibility index (Phi) is 4.90. The molecule has 1 fully saturated rings. The van der Waals surface area contributed by atoms with Crippen LogP contribution in [0.5, 0.6) is 0 Å². The van der Waals surface area contributed by atoms with Crippen molar-refractivity contribution in [2.24, 2.45) is 12.2 Å². The van der Waals surface area contributed by atoms with Crippen molar-refractivity contribution in [1.82, 2.24) is 15.3 Å². The van der Waals surface area contributed by atoms with E-state index in [0.29, 0.717) is 11.3 Å². The average molecular weight is 313 g/mol. The van der Waals surface area contributed by atoms with Gasteiger partial charge in [0.2, 0.25) is 6.23 Å². The third-order valence-electron chi connectivity index (χ3n) is 4.11. The van der Waals surface area contributed by atoms with Gasteiger partial charge in [0.05, 0.1) is 24.1 Å². The van der Waals surface area contributed by atoms with Gasteiger partial charge in [0, 0.05) is 24.9 Å². The molecule has 3 rings (SSSR count). The summed E-state index contributed by atoms with van der Waals surface area (Å²) < 4.78 is 13.2. The summed E-state index contributed by atoms with van der Waals surface area (Å²) >= 11 is 0. The van der Waals surface area contributed by atoms with Gasteiger partial charge in [0.15, 0.2) is 0 Å². The monoisotopic (exact) mass is 313 g/mol. The molecule has 6 nitrogen and oxygen atoms in total. The third-order valence-corrected chi connectivity index (χ3v) is 4.11. The lowest BCUT2D eigenvalue weighted by atomic mass is 9.97. The summed E-state index contributed by atoms with van der Waals surface area (Å²) in [4.78, 5) is 0. The molecular formula is C17H21N4O2. The molecule has 1 unspecified atom stereocenters. The van der Waals surface area contributed by atoms with Crippen LogP contribution in [0, 0.1) is 0 Å². The second-order valence-electron chi connectivity index (χ2n) is 5.88. The predicted molar refractivity (Wildman–Crippen MR) is 85.8 cm³/mol. The molecule has 1 atom stereocenters. The number of aromatic nitrogens is 2. The first kappa shape index (κ1) is 15.5. The van der Waals surface area contributed by atoms with Gasteiger partial charge in [-0.25, -0.2) is 0 Å². The van der Waals surface area contributed by atoms with Crippen LogP contribution in [0.4, 0.5) is 0 Å². The number of hydrogen-bond donors (Lipinski definition) is 0. The van der Waals surface area contributed by atoms with Crippen molar-refractivity contribution < 1.29 is 9.47 Å². The second kappa shape index (κ2) is 7.26. The fourth-order valence-corrected chi connectivity index (χ4v) is 2.90. The summed E-state index contributed by atoms with van der Waals surface area (Å²) in [5, 5.41) is 7.44. The fourth-order valence-electron chi connectivity index (χ4n) is 2.90. The molecule has 1 radical (unpaired) electrons. The summed E-state index contributed by atoms with van der Waals surface area (Å²) in [5.41, 5.74) is 10.9. The molecule has 0 N–H and O–H groups in total. The maximum atomic E-state index is 9.21. The Bertz CT molecular complexity index is 639. The van der Waals surface area contributed by atoms with E-state index in [1.54, 1.807) is 17.0 Å². The van der Waals surface area contributed by atoms with Gasteiger partial charge in [-0.05, 0) is 37.3 Å². The van der Waals surface area contributed by atoms with E-state index in [2.05, 4.69) is 10.2 Å². The van der Waals surface area contributed by atoms with Gasteiger partial charge in [-0.15, -0.1) is 5.11 Å². The van der Waals surface area contributed by atoms with E-state index in [0.717, 1.165) is 18.4 Å². The molecule has 0 spiro atoms. The Hall–Kier alpha value is -2.37. The molecule has 2 aliphatic rings. The number of rotatable bonds is 5.